The number of carbonyl (C=O) groups is 3. The molecule has 0 saturated carbocycles. The molecule has 0 bridgehead atoms. The lowest BCUT2D eigenvalue weighted by Gasteiger charge is -2.29. The van der Waals surface area contributed by atoms with E-state index in [9.17, 15) is 14.4 Å². The normalized spacial score (nSPS) is 12.4. The average molecular weight is 402 g/mol. The molecule has 2 aromatic carbocycles. The molecule has 0 saturated heterocycles. The van der Waals surface area contributed by atoms with Crippen LogP contribution in [0.2, 0.25) is 0 Å². The van der Waals surface area contributed by atoms with Crippen molar-refractivity contribution >= 4 is 29.1 Å². The number of nitrogens with zero attached hydrogens (tertiary/aromatic N) is 3. The summed E-state index contributed by atoms with van der Waals surface area (Å²) < 4.78 is 0. The van der Waals surface area contributed by atoms with Gasteiger partial charge in [0.15, 0.2) is 0 Å². The van der Waals surface area contributed by atoms with Gasteiger partial charge in [0.05, 0.1) is 23.0 Å². The number of carbonyl (C=O) groups excluding carboxylic acids is 3. The maximum absolute atomic E-state index is 12.7. The highest BCUT2D eigenvalue weighted by atomic mass is 16.2. The highest BCUT2D eigenvalue weighted by Gasteiger charge is 2.27. The minimum absolute atomic E-state index is 0.00145. The van der Waals surface area contributed by atoms with Crippen molar-refractivity contribution in [2.45, 2.75) is 19.4 Å². The molecule has 0 unspecified atom stereocenters. The molecule has 3 rings (SSSR count). The molecule has 7 heteroatoms. The van der Waals surface area contributed by atoms with Gasteiger partial charge in [-0.25, -0.2) is 0 Å². The van der Waals surface area contributed by atoms with Gasteiger partial charge in [-0.2, -0.15) is 5.26 Å². The summed E-state index contributed by atoms with van der Waals surface area (Å²) in [5.41, 5.74) is 2.66. The van der Waals surface area contributed by atoms with E-state index in [-0.39, 0.29) is 37.1 Å². The van der Waals surface area contributed by atoms with Crippen molar-refractivity contribution in [1.29, 1.82) is 5.26 Å². The number of para-hydroxylation sites is 2. The first-order chi connectivity index (χ1) is 14.5. The van der Waals surface area contributed by atoms with E-state index >= 15 is 0 Å². The number of fused-ring (bicyclic) bond motifs is 1. The van der Waals surface area contributed by atoms with E-state index in [1.165, 1.54) is 4.90 Å². The lowest BCUT2D eigenvalue weighted by molar-refractivity contribution is -0.133. The van der Waals surface area contributed by atoms with Gasteiger partial charge >= 0.3 is 0 Å². The Morgan fingerprint density at radius 1 is 1.17 bits per heavy atom. The second-order valence-electron chi connectivity index (χ2n) is 6.92. The molecule has 30 heavy (non-hydrogen) atoms. The summed E-state index contributed by atoms with van der Waals surface area (Å²) >= 11 is 0. The van der Waals surface area contributed by atoms with Gasteiger partial charge in [-0.3, -0.25) is 14.4 Å². The minimum atomic E-state index is -0.275. The molecule has 152 valence electrons. The highest BCUT2D eigenvalue weighted by Crippen LogP contribution is 2.29. The fraction of sp³-hybridized carbons (Fsp3) is 0.217. The molecule has 3 amide bonds. The van der Waals surface area contributed by atoms with E-state index in [4.69, 9.17) is 5.26 Å². The second-order valence-corrected chi connectivity index (χ2v) is 6.92. The fourth-order valence-electron chi connectivity index (χ4n) is 3.28. The van der Waals surface area contributed by atoms with E-state index in [1.54, 1.807) is 59.5 Å². The molecule has 0 radical (unpaired) electrons. The van der Waals surface area contributed by atoms with Crippen LogP contribution in [-0.2, 0) is 20.9 Å². The quantitative estimate of drug-likeness (QED) is 0.721. The molecular weight excluding hydrogens is 380 g/mol. The third-order valence-corrected chi connectivity index (χ3v) is 4.78. The summed E-state index contributed by atoms with van der Waals surface area (Å²) in [5, 5.41) is 11.6. The molecule has 0 aromatic heterocycles. The summed E-state index contributed by atoms with van der Waals surface area (Å²) in [6.07, 6.45) is 1.67. The predicted molar refractivity (Wildman–Crippen MR) is 113 cm³/mol. The van der Waals surface area contributed by atoms with Crippen molar-refractivity contribution < 1.29 is 14.4 Å². The van der Waals surface area contributed by atoms with Gasteiger partial charge in [0.2, 0.25) is 17.7 Å². The Balaban J connectivity index is 1.63. The molecule has 0 fully saturated rings. The Kier molecular flexibility index (Phi) is 6.60. The number of hydrogen-bond donors (Lipinski definition) is 1. The van der Waals surface area contributed by atoms with Gasteiger partial charge in [-0.05, 0) is 29.8 Å². The number of nitriles is 1. The first kappa shape index (κ1) is 20.8. The smallest absolute Gasteiger partial charge is 0.244 e. The van der Waals surface area contributed by atoms with Crippen molar-refractivity contribution in [1.82, 2.24) is 4.90 Å². The number of rotatable bonds is 7. The van der Waals surface area contributed by atoms with Crippen molar-refractivity contribution in [3.63, 3.8) is 0 Å². The molecule has 1 N–H and O–H groups in total. The summed E-state index contributed by atoms with van der Waals surface area (Å²) in [6.45, 7) is 4.34. The van der Waals surface area contributed by atoms with Crippen LogP contribution < -0.4 is 10.2 Å². The molecule has 1 aliphatic rings. The summed E-state index contributed by atoms with van der Waals surface area (Å²) in [7, 11) is 0. The SMILES string of the molecule is C=CCN(Cc1ccc(C#N)cc1)C(=O)CCC(=O)N1CC(=O)Nc2ccccc21. The number of hydrogen-bond acceptors (Lipinski definition) is 4. The maximum atomic E-state index is 12.7. The van der Waals surface area contributed by atoms with E-state index < -0.39 is 0 Å². The summed E-state index contributed by atoms with van der Waals surface area (Å²) in [4.78, 5) is 40.4. The van der Waals surface area contributed by atoms with Gasteiger partial charge in [0, 0.05) is 25.9 Å². The van der Waals surface area contributed by atoms with E-state index in [2.05, 4.69) is 18.0 Å². The summed E-state index contributed by atoms with van der Waals surface area (Å²) in [6, 6.07) is 16.2. The van der Waals surface area contributed by atoms with E-state index in [0.29, 0.717) is 30.0 Å². The van der Waals surface area contributed by atoms with Crippen LogP contribution in [0.3, 0.4) is 0 Å². The lowest BCUT2D eigenvalue weighted by atomic mass is 10.1. The largest absolute Gasteiger partial charge is 0.335 e. The number of nitrogens with one attached hydrogen (secondary N) is 1. The third kappa shape index (κ3) is 4.92. The molecule has 0 aliphatic carbocycles. The maximum Gasteiger partial charge on any atom is 0.244 e. The number of anilines is 2. The summed E-state index contributed by atoms with van der Waals surface area (Å²) in [5.74, 6) is -0.715. The highest BCUT2D eigenvalue weighted by molar-refractivity contribution is 6.10. The van der Waals surface area contributed by atoms with Gasteiger partial charge in [0.25, 0.3) is 0 Å². The molecule has 1 aliphatic heterocycles. The Morgan fingerprint density at radius 2 is 1.90 bits per heavy atom. The monoisotopic (exact) mass is 402 g/mol. The lowest BCUT2D eigenvalue weighted by Crippen LogP contribution is -2.42. The molecular formula is C23H22N4O3. The average Bonchev–Trinajstić information content (AvgIpc) is 2.76. The van der Waals surface area contributed by atoms with Crippen molar-refractivity contribution in [3.05, 3.63) is 72.3 Å². The molecule has 0 atom stereocenters. The first-order valence-corrected chi connectivity index (χ1v) is 9.58. The predicted octanol–water partition coefficient (Wildman–Crippen LogP) is 2.84. The van der Waals surface area contributed by atoms with Crippen molar-refractivity contribution in [2.75, 3.05) is 23.3 Å². The minimum Gasteiger partial charge on any atom is -0.335 e. The second kappa shape index (κ2) is 9.52. The molecule has 2 aromatic rings. The topological polar surface area (TPSA) is 93.5 Å². The molecule has 7 nitrogen and oxygen atoms in total. The van der Waals surface area contributed by atoms with Crippen LogP contribution in [-0.4, -0.2) is 35.7 Å². The zero-order valence-corrected chi connectivity index (χ0v) is 16.5. The Hall–Kier alpha value is -3.92. The number of benzene rings is 2. The van der Waals surface area contributed by atoms with Crippen molar-refractivity contribution in [2.24, 2.45) is 0 Å². The van der Waals surface area contributed by atoms with Crippen LogP contribution in [0.25, 0.3) is 0 Å². The van der Waals surface area contributed by atoms with Gasteiger partial charge in [-0.15, -0.1) is 6.58 Å². The van der Waals surface area contributed by atoms with Crippen LogP contribution in [0.4, 0.5) is 11.4 Å². The Labute approximate surface area is 175 Å². The Bertz CT molecular complexity index is 1010. The van der Waals surface area contributed by atoms with E-state index in [1.807, 2.05) is 0 Å². The van der Waals surface area contributed by atoms with Crippen molar-refractivity contribution in [3.8, 4) is 6.07 Å². The zero-order valence-electron chi connectivity index (χ0n) is 16.5. The Morgan fingerprint density at radius 3 is 2.60 bits per heavy atom. The first-order valence-electron chi connectivity index (χ1n) is 9.58. The van der Waals surface area contributed by atoms with Crippen LogP contribution >= 0.6 is 0 Å². The fourth-order valence-corrected chi connectivity index (χ4v) is 3.28. The molecule has 0 spiro atoms. The number of amides is 3. The van der Waals surface area contributed by atoms with Gasteiger partial charge in [0.1, 0.15) is 6.54 Å². The third-order valence-electron chi connectivity index (χ3n) is 4.78. The van der Waals surface area contributed by atoms with Crippen LogP contribution in [0.15, 0.2) is 61.2 Å². The van der Waals surface area contributed by atoms with Crippen LogP contribution in [0, 0.1) is 11.3 Å². The van der Waals surface area contributed by atoms with Gasteiger partial charge in [-0.1, -0.05) is 30.3 Å². The van der Waals surface area contributed by atoms with Crippen LogP contribution in [0.5, 0.6) is 0 Å². The standard InChI is InChI=1S/C23H22N4O3/c1-2-13-26(15-18-9-7-17(14-24)8-10-18)22(29)11-12-23(30)27-16-21(28)25-19-5-3-4-6-20(19)27/h2-10H,1,11-13,15-16H2,(H,25,28). The van der Waals surface area contributed by atoms with Gasteiger partial charge < -0.3 is 15.1 Å². The van der Waals surface area contributed by atoms with Crippen LogP contribution in [0.1, 0.15) is 24.0 Å². The van der Waals surface area contributed by atoms with E-state index in [0.717, 1.165) is 5.56 Å². The zero-order chi connectivity index (χ0) is 21.5. The molecule has 1 heterocycles.